The fraction of sp³-hybridized carbons (Fsp3) is 1.00. The molecule has 0 amide bonds. The van der Waals surface area contributed by atoms with Gasteiger partial charge < -0.3 is 9.47 Å². The molecule has 0 aromatic heterocycles. The van der Waals surface area contributed by atoms with Crippen molar-refractivity contribution < 1.29 is 19.2 Å². The van der Waals surface area contributed by atoms with E-state index in [0.29, 0.717) is 5.92 Å². The molecule has 4 aliphatic rings. The normalized spacial score (nSPS) is 52.1. The molecule has 4 atom stereocenters. The largest absolute Gasteiger partial charge is 0.353 e. The van der Waals surface area contributed by atoms with Crippen LogP contribution in [0.3, 0.4) is 0 Å². The lowest BCUT2D eigenvalue weighted by Crippen LogP contribution is -2.59. The van der Waals surface area contributed by atoms with Crippen LogP contribution in [-0.4, -0.2) is 24.8 Å². The van der Waals surface area contributed by atoms with E-state index in [-0.39, 0.29) is 11.9 Å². The fourth-order valence-electron chi connectivity index (χ4n) is 3.38. The van der Waals surface area contributed by atoms with Gasteiger partial charge in [-0.05, 0) is 32.1 Å². The Bertz CT molecular complexity index is 278. The van der Waals surface area contributed by atoms with E-state index in [1.165, 1.54) is 19.3 Å². The lowest BCUT2D eigenvalue weighted by Gasteiger charge is -2.48. The second-order valence-corrected chi connectivity index (χ2v) is 5.42. The Morgan fingerprint density at radius 1 is 1.12 bits per heavy atom. The molecule has 4 heteroatoms. The van der Waals surface area contributed by atoms with Crippen molar-refractivity contribution in [2.45, 2.75) is 63.1 Å². The molecule has 1 spiro atoms. The molecule has 0 radical (unpaired) electrons. The van der Waals surface area contributed by atoms with E-state index in [4.69, 9.17) is 19.2 Å². The van der Waals surface area contributed by atoms with Crippen LogP contribution >= 0.6 is 0 Å². The minimum absolute atomic E-state index is 0.279. The zero-order valence-electron chi connectivity index (χ0n) is 10.0. The smallest absolute Gasteiger partial charge is 0.201 e. The summed E-state index contributed by atoms with van der Waals surface area (Å²) in [5.74, 6) is -0.112. The van der Waals surface area contributed by atoms with E-state index in [1.54, 1.807) is 7.11 Å². The molecule has 3 aliphatic heterocycles. The molecule has 0 aromatic carbocycles. The van der Waals surface area contributed by atoms with Gasteiger partial charge in [0.15, 0.2) is 11.9 Å². The van der Waals surface area contributed by atoms with Crippen molar-refractivity contribution in [2.75, 3.05) is 7.11 Å². The third-order valence-electron chi connectivity index (χ3n) is 4.35. The lowest BCUT2D eigenvalue weighted by molar-refractivity contribution is -0.547. The van der Waals surface area contributed by atoms with Crippen LogP contribution in [0, 0.1) is 5.92 Å². The molecule has 92 valence electrons. The first-order valence-corrected chi connectivity index (χ1v) is 6.26. The van der Waals surface area contributed by atoms with Crippen molar-refractivity contribution in [3.05, 3.63) is 0 Å². The van der Waals surface area contributed by atoms with Crippen LogP contribution in [0.2, 0.25) is 0 Å². The highest BCUT2D eigenvalue weighted by Crippen LogP contribution is 2.51. The second kappa shape index (κ2) is 3.67. The van der Waals surface area contributed by atoms with Gasteiger partial charge in [-0.2, -0.15) is 0 Å². The van der Waals surface area contributed by atoms with Crippen LogP contribution in [0.5, 0.6) is 0 Å². The summed E-state index contributed by atoms with van der Waals surface area (Å²) < 4.78 is 11.4. The van der Waals surface area contributed by atoms with Crippen LogP contribution in [-0.2, 0) is 19.2 Å². The summed E-state index contributed by atoms with van der Waals surface area (Å²) >= 11 is 0. The predicted octanol–water partition coefficient (Wildman–Crippen LogP) is 2.38. The van der Waals surface area contributed by atoms with Crippen LogP contribution < -0.4 is 0 Å². The summed E-state index contributed by atoms with van der Waals surface area (Å²) in [5.41, 5.74) is -0.358. The standard InChI is InChI=1S/C12H20O4/c1-11-8-6-9-5-3-4-7-12(9,16-15-11)10(13-2)14-11/h9-10H,3-8H2,1-2H3/t9?,10-,11-,12-/m0/s1. The highest BCUT2D eigenvalue weighted by atomic mass is 17.3. The Labute approximate surface area is 96.1 Å². The minimum atomic E-state index is -0.622. The molecule has 4 nitrogen and oxygen atoms in total. The van der Waals surface area contributed by atoms with Crippen molar-refractivity contribution in [1.82, 2.24) is 0 Å². The SMILES string of the molecule is CO[C@H]1O[C@]2(C)CCC3CCCC[C@]31OO2. The number of fused-ring (bicyclic) bond motifs is 3. The third kappa shape index (κ3) is 1.44. The van der Waals surface area contributed by atoms with Gasteiger partial charge in [-0.15, -0.1) is 0 Å². The van der Waals surface area contributed by atoms with Crippen LogP contribution in [0.1, 0.15) is 45.4 Å². The van der Waals surface area contributed by atoms with Gasteiger partial charge in [-0.1, -0.05) is 12.8 Å². The van der Waals surface area contributed by atoms with Crippen LogP contribution in [0.25, 0.3) is 0 Å². The summed E-state index contributed by atoms with van der Waals surface area (Å²) in [5, 5.41) is 0. The van der Waals surface area contributed by atoms with E-state index < -0.39 is 5.79 Å². The maximum Gasteiger partial charge on any atom is 0.201 e. The van der Waals surface area contributed by atoms with Gasteiger partial charge in [-0.3, -0.25) is 0 Å². The zero-order valence-corrected chi connectivity index (χ0v) is 10.0. The fourth-order valence-corrected chi connectivity index (χ4v) is 3.38. The molecular weight excluding hydrogens is 208 g/mol. The predicted molar refractivity (Wildman–Crippen MR) is 56.4 cm³/mol. The second-order valence-electron chi connectivity index (χ2n) is 5.42. The maximum atomic E-state index is 5.94. The molecule has 1 saturated carbocycles. The van der Waals surface area contributed by atoms with Crippen molar-refractivity contribution in [3.63, 3.8) is 0 Å². The van der Waals surface area contributed by atoms with Gasteiger partial charge in [0.2, 0.25) is 5.79 Å². The molecule has 0 N–H and O–H groups in total. The van der Waals surface area contributed by atoms with E-state index in [0.717, 1.165) is 19.3 Å². The third-order valence-corrected chi connectivity index (χ3v) is 4.35. The van der Waals surface area contributed by atoms with Crippen molar-refractivity contribution in [1.29, 1.82) is 0 Å². The molecule has 0 aromatic rings. The van der Waals surface area contributed by atoms with Crippen LogP contribution in [0.4, 0.5) is 0 Å². The lowest BCUT2D eigenvalue weighted by atomic mass is 9.73. The first-order valence-electron chi connectivity index (χ1n) is 6.26. The van der Waals surface area contributed by atoms with E-state index in [1.807, 2.05) is 6.92 Å². The molecule has 3 heterocycles. The quantitative estimate of drug-likeness (QED) is 0.646. The van der Waals surface area contributed by atoms with E-state index in [9.17, 15) is 0 Å². The molecule has 2 bridgehead atoms. The summed E-state index contributed by atoms with van der Waals surface area (Å²) in [6.07, 6.45) is 6.34. The molecule has 1 aliphatic carbocycles. The van der Waals surface area contributed by atoms with Gasteiger partial charge in [-0.25, -0.2) is 9.78 Å². The van der Waals surface area contributed by atoms with Gasteiger partial charge in [0, 0.05) is 13.5 Å². The first kappa shape index (κ1) is 11.0. The Hall–Kier alpha value is -0.160. The number of ether oxygens (including phenoxy) is 2. The molecule has 3 saturated heterocycles. The van der Waals surface area contributed by atoms with Crippen molar-refractivity contribution in [3.8, 4) is 0 Å². The van der Waals surface area contributed by atoms with E-state index in [2.05, 4.69) is 0 Å². The maximum absolute atomic E-state index is 5.94. The van der Waals surface area contributed by atoms with Gasteiger partial charge in [0.05, 0.1) is 0 Å². The Kier molecular flexibility index (Phi) is 2.51. The molecule has 1 unspecified atom stereocenters. The summed E-state index contributed by atoms with van der Waals surface area (Å²) in [6.45, 7) is 1.93. The summed E-state index contributed by atoms with van der Waals surface area (Å²) in [4.78, 5) is 11.2. The van der Waals surface area contributed by atoms with Crippen molar-refractivity contribution in [2.24, 2.45) is 5.92 Å². The molecular formula is C12H20O4. The Balaban J connectivity index is 1.96. The van der Waals surface area contributed by atoms with Gasteiger partial charge in [0.1, 0.15) is 0 Å². The van der Waals surface area contributed by atoms with Gasteiger partial charge >= 0.3 is 0 Å². The van der Waals surface area contributed by atoms with Crippen molar-refractivity contribution >= 4 is 0 Å². The number of hydrogen-bond acceptors (Lipinski definition) is 4. The average Bonchev–Trinajstić information content (AvgIpc) is 2.53. The zero-order chi connectivity index (χ0) is 11.2. The molecule has 16 heavy (non-hydrogen) atoms. The Morgan fingerprint density at radius 2 is 2.00 bits per heavy atom. The van der Waals surface area contributed by atoms with Gasteiger partial charge in [0.25, 0.3) is 0 Å². The number of rotatable bonds is 1. The minimum Gasteiger partial charge on any atom is -0.353 e. The molecule has 4 rings (SSSR count). The monoisotopic (exact) mass is 228 g/mol. The number of methoxy groups -OCH3 is 1. The van der Waals surface area contributed by atoms with E-state index >= 15 is 0 Å². The summed E-state index contributed by atoms with van der Waals surface area (Å²) in [7, 11) is 1.69. The highest BCUT2D eigenvalue weighted by Gasteiger charge is 2.59. The molecule has 4 fully saturated rings. The van der Waals surface area contributed by atoms with Crippen LogP contribution in [0.15, 0.2) is 0 Å². The summed E-state index contributed by atoms with van der Waals surface area (Å²) in [6, 6.07) is 0. The average molecular weight is 228 g/mol. The highest BCUT2D eigenvalue weighted by molar-refractivity contribution is 4.99. The topological polar surface area (TPSA) is 36.9 Å². The number of hydrogen-bond donors (Lipinski definition) is 0. The first-order chi connectivity index (χ1) is 7.69. The Morgan fingerprint density at radius 3 is 2.81 bits per heavy atom.